The number of esters is 1. The fourth-order valence-electron chi connectivity index (χ4n) is 10.6. The molecule has 5 amide bonds. The van der Waals surface area contributed by atoms with Gasteiger partial charge in [0, 0.05) is 59.4 Å². The van der Waals surface area contributed by atoms with Gasteiger partial charge in [0.2, 0.25) is 5.91 Å². The van der Waals surface area contributed by atoms with Gasteiger partial charge in [0.05, 0.1) is 84.7 Å². The average molecular weight is 1020 g/mol. The van der Waals surface area contributed by atoms with Crippen LogP contribution in [-0.4, -0.2) is 183 Å². The van der Waals surface area contributed by atoms with Crippen LogP contribution in [0.2, 0.25) is 12.1 Å². The number of imide groups is 2. The molecule has 73 heavy (non-hydrogen) atoms. The molecule has 0 bridgehead atoms. The zero-order valence-corrected chi connectivity index (χ0v) is 43.3. The number of hydrogen-bond donors (Lipinski definition) is 1. The third-order valence-electron chi connectivity index (χ3n) is 14.3. The molecule has 5 aliphatic rings. The summed E-state index contributed by atoms with van der Waals surface area (Å²) in [5.41, 5.74) is 9.92. The normalized spacial score (nSPS) is 19.5. The Balaban J connectivity index is 0.984. The number of amides is 5. The van der Waals surface area contributed by atoms with Gasteiger partial charge in [-0.2, -0.15) is 0 Å². The van der Waals surface area contributed by atoms with Gasteiger partial charge in [0.25, 0.3) is 23.6 Å². The predicted molar refractivity (Wildman–Crippen MR) is 271 cm³/mol. The molecule has 0 aliphatic carbocycles. The van der Waals surface area contributed by atoms with Gasteiger partial charge >= 0.3 is 5.97 Å². The van der Waals surface area contributed by atoms with E-state index in [1.807, 2.05) is 38.0 Å². The zero-order valence-electron chi connectivity index (χ0n) is 42.3. The van der Waals surface area contributed by atoms with Crippen LogP contribution in [0.5, 0.6) is 0 Å². The first-order chi connectivity index (χ1) is 35.2. The second kappa shape index (κ2) is 24.1. The third-order valence-corrected chi connectivity index (χ3v) is 19.6. The molecule has 1 saturated heterocycles. The first-order valence-electron chi connectivity index (χ1n) is 25.1. The van der Waals surface area contributed by atoms with Crippen molar-refractivity contribution in [3.63, 3.8) is 0 Å². The van der Waals surface area contributed by atoms with Crippen LogP contribution in [0.15, 0.2) is 78.9 Å². The molecule has 19 heteroatoms. The average Bonchev–Trinajstić information content (AvgIpc) is 3.99. The van der Waals surface area contributed by atoms with E-state index < -0.39 is 25.6 Å². The Morgan fingerprint density at radius 1 is 0.589 bits per heavy atom. The molecule has 2 atom stereocenters. The largest absolute Gasteiger partial charge is 0.441 e. The highest BCUT2D eigenvalue weighted by molar-refractivity contribution is 7.03. The maximum absolute atomic E-state index is 14.1. The third kappa shape index (κ3) is 11.8. The van der Waals surface area contributed by atoms with Crippen LogP contribution in [-0.2, 0) is 70.8 Å². The number of fused-ring (bicyclic) bond motifs is 8. The number of likely N-dealkylation sites (N-methyl/N-ethyl adjacent to an activating group) is 2. The van der Waals surface area contributed by atoms with E-state index in [9.17, 15) is 28.8 Å². The van der Waals surface area contributed by atoms with E-state index >= 15 is 0 Å². The molecule has 3 aromatic rings. The van der Waals surface area contributed by atoms with Crippen LogP contribution >= 0.6 is 0 Å². The maximum atomic E-state index is 14.1. The fraction of sp³-hybridized carbons (Fsp3) is 0.481. The lowest BCUT2D eigenvalue weighted by Gasteiger charge is -2.48. The highest BCUT2D eigenvalue weighted by atomic mass is 28.3. The van der Waals surface area contributed by atoms with E-state index in [4.69, 9.17) is 38.9 Å². The first-order valence-corrected chi connectivity index (χ1v) is 27.5. The number of benzene rings is 3. The van der Waals surface area contributed by atoms with Gasteiger partial charge in [-0.05, 0) is 80.0 Å². The van der Waals surface area contributed by atoms with Crippen molar-refractivity contribution in [3.8, 4) is 0 Å². The van der Waals surface area contributed by atoms with Crippen LogP contribution < -0.4 is 16.1 Å². The number of nitrogens with zero attached hydrogens (tertiary/aromatic N) is 4. The summed E-state index contributed by atoms with van der Waals surface area (Å²) in [6.45, 7) is 3.49. The van der Waals surface area contributed by atoms with Crippen molar-refractivity contribution in [2.75, 3.05) is 107 Å². The van der Waals surface area contributed by atoms with Crippen molar-refractivity contribution in [3.05, 3.63) is 118 Å². The Bertz CT molecular complexity index is 2450. The van der Waals surface area contributed by atoms with E-state index in [0.29, 0.717) is 82.4 Å². The van der Waals surface area contributed by atoms with E-state index in [-0.39, 0.29) is 62.4 Å². The Kier molecular flexibility index (Phi) is 17.7. The minimum Gasteiger partial charge on any atom is -0.441 e. The molecule has 0 saturated carbocycles. The molecule has 8 rings (SSSR count). The second-order valence-corrected chi connectivity index (χ2v) is 23.6. The molecule has 2 unspecified atom stereocenters. The van der Waals surface area contributed by atoms with Gasteiger partial charge in [-0.15, -0.1) is 0 Å². The Morgan fingerprint density at radius 2 is 1.03 bits per heavy atom. The molecule has 2 N–H and O–H groups in total. The molecule has 390 valence electrons. The number of primary amides is 1. The van der Waals surface area contributed by atoms with Crippen LogP contribution in [0.1, 0.15) is 67.8 Å². The number of nitrogens with two attached hydrogens (primary N) is 1. The van der Waals surface area contributed by atoms with Crippen LogP contribution in [0, 0.1) is 0 Å². The minimum absolute atomic E-state index is 0.190. The lowest BCUT2D eigenvalue weighted by atomic mass is 9.78. The van der Waals surface area contributed by atoms with Crippen molar-refractivity contribution in [2.24, 2.45) is 5.73 Å². The van der Waals surface area contributed by atoms with Gasteiger partial charge in [-0.1, -0.05) is 55.7 Å². The lowest BCUT2D eigenvalue weighted by Crippen LogP contribution is -2.67. The SMILES string of the molecule is CN(C)C(Cc1ccc2c(c1)[Si]1(CCCCC1)c1cc(CC(OCCOCCOCCN3C(=O)C=CC3=O)N(C)C)ccc1C21OC(=O)c2ccc(C(N)=O)cc21)OCCOCCOCCN1C(=O)C=CC1=O. The number of hydrogen-bond acceptors (Lipinski definition) is 15. The second-order valence-electron chi connectivity index (χ2n) is 19.4. The summed E-state index contributed by atoms with van der Waals surface area (Å²) >= 11 is 0. The van der Waals surface area contributed by atoms with Gasteiger partial charge in [0.15, 0.2) is 5.60 Å². The van der Waals surface area contributed by atoms with Crippen molar-refractivity contribution in [1.29, 1.82) is 0 Å². The summed E-state index contributed by atoms with van der Waals surface area (Å²) in [7, 11) is 5.37. The Hall–Kier alpha value is -5.74. The van der Waals surface area contributed by atoms with Crippen molar-refractivity contribution < 1.29 is 61.9 Å². The van der Waals surface area contributed by atoms with Crippen molar-refractivity contribution in [1.82, 2.24) is 19.6 Å². The molecule has 18 nitrogen and oxygen atoms in total. The van der Waals surface area contributed by atoms with Crippen molar-refractivity contribution in [2.45, 2.75) is 62.2 Å². The molecule has 0 aromatic heterocycles. The molecule has 5 heterocycles. The van der Waals surface area contributed by atoms with Gasteiger partial charge in [-0.25, -0.2) is 4.79 Å². The Morgan fingerprint density at radius 3 is 1.47 bits per heavy atom. The van der Waals surface area contributed by atoms with E-state index in [2.05, 4.69) is 36.4 Å². The summed E-state index contributed by atoms with van der Waals surface area (Å²) in [6.07, 6.45) is 8.90. The van der Waals surface area contributed by atoms with Gasteiger partial charge < -0.3 is 38.9 Å². The van der Waals surface area contributed by atoms with Crippen molar-refractivity contribution >= 4 is 54.0 Å². The fourth-order valence-corrected chi connectivity index (χ4v) is 16.4. The molecule has 1 fully saturated rings. The lowest BCUT2D eigenvalue weighted by molar-refractivity contribution is -0.139. The first kappa shape index (κ1) is 53.5. The molecule has 2 spiro atoms. The monoisotopic (exact) mass is 1020 g/mol. The number of rotatable bonds is 27. The summed E-state index contributed by atoms with van der Waals surface area (Å²) in [4.78, 5) is 80.3. The topological polar surface area (TPSA) is 206 Å². The van der Waals surface area contributed by atoms with Crippen LogP contribution in [0.25, 0.3) is 0 Å². The zero-order chi connectivity index (χ0) is 51.7. The van der Waals surface area contributed by atoms with Gasteiger partial charge in [0.1, 0.15) is 20.5 Å². The molecule has 3 aromatic carbocycles. The van der Waals surface area contributed by atoms with E-state index in [1.165, 1.54) is 34.7 Å². The quantitative estimate of drug-likeness (QED) is 0.0382. The standard InChI is InChI=1S/C54H67N5O13Si/c1-56(2)50(70-28-26-68-24-22-66-20-18-58-46(60)14-15-47(58)61)34-37-8-12-41-44(32-37)73(30-6-5-7-31-73)45-33-38(9-13-42(45)54(41)43-36-39(52(55)64)10-11-40(43)53(65)72-54)35-51(57(3)4)71-29-27-69-25-23-67-21-19-59-48(62)16-17-49(59)63/h8-17,32-33,36,50-51H,5-7,18-31,34-35H2,1-4H3,(H2,55,64). The molecular formula is C54H67N5O13Si. The number of carbonyl (C=O) groups excluding carboxylic acids is 6. The van der Waals surface area contributed by atoms with E-state index in [1.54, 1.807) is 18.2 Å². The van der Waals surface area contributed by atoms with Gasteiger partial charge in [-0.3, -0.25) is 43.6 Å². The predicted octanol–water partition coefficient (Wildman–Crippen LogP) is 2.12. The molecule has 5 aliphatic heterocycles. The highest BCUT2D eigenvalue weighted by Gasteiger charge is 2.58. The van der Waals surface area contributed by atoms with Crippen LogP contribution in [0.4, 0.5) is 0 Å². The molecular weight excluding hydrogens is 955 g/mol. The summed E-state index contributed by atoms with van der Waals surface area (Å²) in [6, 6.07) is 20.2. The molecule has 0 radical (unpaired) electrons. The summed E-state index contributed by atoms with van der Waals surface area (Å²) in [5, 5.41) is 2.46. The highest BCUT2D eigenvalue weighted by Crippen LogP contribution is 2.51. The number of ether oxygens (including phenoxy) is 7. The maximum Gasteiger partial charge on any atom is 0.340 e. The smallest absolute Gasteiger partial charge is 0.340 e. The summed E-state index contributed by atoms with van der Waals surface area (Å²) in [5.74, 6) is -2.38. The minimum atomic E-state index is -2.57. The van der Waals surface area contributed by atoms with E-state index in [0.717, 1.165) is 63.4 Å². The van der Waals surface area contributed by atoms with Crippen LogP contribution in [0.3, 0.4) is 0 Å². The Labute approximate surface area is 427 Å². The summed E-state index contributed by atoms with van der Waals surface area (Å²) < 4.78 is 42.4. The number of carbonyl (C=O) groups is 6.